The van der Waals surface area contributed by atoms with Gasteiger partial charge in [0.05, 0.1) is 17.1 Å². The minimum Gasteiger partial charge on any atom is -0.439 e. The Morgan fingerprint density at radius 1 is 1.04 bits per heavy atom. The largest absolute Gasteiger partial charge is 0.439 e. The van der Waals surface area contributed by atoms with Crippen LogP contribution in [0.1, 0.15) is 5.56 Å². The predicted octanol–water partition coefficient (Wildman–Crippen LogP) is 4.24. The predicted molar refractivity (Wildman–Crippen MR) is 95.6 cm³/mol. The van der Waals surface area contributed by atoms with Gasteiger partial charge in [0.15, 0.2) is 0 Å². The lowest BCUT2D eigenvalue weighted by Crippen LogP contribution is -2.23. The number of benzene rings is 2. The number of rotatable bonds is 3. The van der Waals surface area contributed by atoms with E-state index in [2.05, 4.69) is 4.98 Å². The zero-order chi connectivity index (χ0) is 17.4. The summed E-state index contributed by atoms with van der Waals surface area (Å²) in [5.74, 6) is 0.829. The Bertz CT molecular complexity index is 1040. The molecule has 0 aliphatic carbocycles. The minimum absolute atomic E-state index is 0.266. The molecule has 25 heavy (non-hydrogen) atoms. The van der Waals surface area contributed by atoms with Crippen LogP contribution in [0.15, 0.2) is 71.8 Å². The summed E-state index contributed by atoms with van der Waals surface area (Å²) in [5.41, 5.74) is 1.21. The van der Waals surface area contributed by atoms with Crippen molar-refractivity contribution in [3.05, 3.63) is 77.4 Å². The molecular formula is C18H13ClN2O3S. The molecule has 0 N–H and O–H groups in total. The Balaban J connectivity index is 1.72. The van der Waals surface area contributed by atoms with Crippen LogP contribution in [0.2, 0.25) is 5.02 Å². The molecule has 0 amide bonds. The Hall–Kier alpha value is -2.57. The fourth-order valence-electron chi connectivity index (χ4n) is 2.75. The zero-order valence-electron chi connectivity index (χ0n) is 13.0. The highest BCUT2D eigenvalue weighted by Gasteiger charge is 2.34. The fourth-order valence-corrected chi connectivity index (χ4v) is 4.62. The highest BCUT2D eigenvalue weighted by Crippen LogP contribution is 2.37. The van der Waals surface area contributed by atoms with E-state index in [0.717, 1.165) is 5.56 Å². The first-order chi connectivity index (χ1) is 12.0. The summed E-state index contributed by atoms with van der Waals surface area (Å²) in [6.07, 6.45) is 1.61. The maximum Gasteiger partial charge on any atom is 0.264 e. The van der Waals surface area contributed by atoms with Gasteiger partial charge < -0.3 is 4.74 Å². The highest BCUT2D eigenvalue weighted by molar-refractivity contribution is 7.93. The van der Waals surface area contributed by atoms with Crippen molar-refractivity contribution in [1.82, 2.24) is 4.98 Å². The van der Waals surface area contributed by atoms with Crippen LogP contribution < -0.4 is 9.04 Å². The molecule has 2 aromatic carbocycles. The fraction of sp³-hybridized carbons (Fsp3) is 0.0556. The lowest BCUT2D eigenvalue weighted by Gasteiger charge is -2.18. The van der Waals surface area contributed by atoms with Crippen LogP contribution in [-0.4, -0.2) is 13.4 Å². The second-order valence-corrected chi connectivity index (χ2v) is 7.80. The number of ether oxygens (including phenoxy) is 1. The Labute approximate surface area is 150 Å². The van der Waals surface area contributed by atoms with E-state index in [-0.39, 0.29) is 6.54 Å². The highest BCUT2D eigenvalue weighted by atomic mass is 35.5. The van der Waals surface area contributed by atoms with Gasteiger partial charge in [0.1, 0.15) is 5.75 Å². The van der Waals surface area contributed by atoms with E-state index < -0.39 is 10.0 Å². The monoisotopic (exact) mass is 372 g/mol. The first-order valence-corrected chi connectivity index (χ1v) is 9.36. The van der Waals surface area contributed by atoms with E-state index in [1.807, 2.05) is 12.1 Å². The molecule has 1 aliphatic heterocycles. The van der Waals surface area contributed by atoms with Crippen LogP contribution >= 0.6 is 11.6 Å². The molecule has 7 heteroatoms. The molecule has 0 fully saturated rings. The number of hydrogen-bond donors (Lipinski definition) is 0. The van der Waals surface area contributed by atoms with Crippen LogP contribution in [0.4, 0.5) is 5.69 Å². The van der Waals surface area contributed by atoms with Gasteiger partial charge in [-0.1, -0.05) is 35.9 Å². The summed E-state index contributed by atoms with van der Waals surface area (Å²) < 4.78 is 32.6. The van der Waals surface area contributed by atoms with Gasteiger partial charge in [0, 0.05) is 23.4 Å². The van der Waals surface area contributed by atoms with E-state index >= 15 is 0 Å². The van der Waals surface area contributed by atoms with Gasteiger partial charge in [-0.3, -0.25) is 4.31 Å². The van der Waals surface area contributed by atoms with Gasteiger partial charge >= 0.3 is 0 Å². The Morgan fingerprint density at radius 3 is 2.60 bits per heavy atom. The van der Waals surface area contributed by atoms with Crippen molar-refractivity contribution in [3.8, 4) is 11.6 Å². The third-order valence-corrected chi connectivity index (χ3v) is 5.95. The maximum absolute atomic E-state index is 12.8. The van der Waals surface area contributed by atoms with Gasteiger partial charge in [-0.2, -0.15) is 0 Å². The molecule has 0 saturated heterocycles. The molecule has 5 nitrogen and oxygen atoms in total. The third-order valence-electron chi connectivity index (χ3n) is 3.86. The van der Waals surface area contributed by atoms with Crippen molar-refractivity contribution >= 4 is 27.3 Å². The van der Waals surface area contributed by atoms with Crippen LogP contribution in [-0.2, 0) is 16.6 Å². The Kier molecular flexibility index (Phi) is 3.86. The molecule has 0 atom stereocenters. The average molecular weight is 373 g/mol. The van der Waals surface area contributed by atoms with Crippen molar-refractivity contribution in [2.45, 2.75) is 11.4 Å². The zero-order valence-corrected chi connectivity index (χ0v) is 14.5. The molecular weight excluding hydrogens is 360 g/mol. The number of pyridine rings is 1. The normalized spacial score (nSPS) is 15.0. The van der Waals surface area contributed by atoms with E-state index in [9.17, 15) is 8.42 Å². The van der Waals surface area contributed by atoms with Gasteiger partial charge in [-0.05, 0) is 29.8 Å². The molecule has 4 rings (SSSR count). The van der Waals surface area contributed by atoms with Crippen molar-refractivity contribution in [2.24, 2.45) is 0 Å². The topological polar surface area (TPSA) is 59.5 Å². The second kappa shape index (κ2) is 6.06. The van der Waals surface area contributed by atoms with Crippen LogP contribution in [0.5, 0.6) is 11.6 Å². The SMILES string of the molecule is O=S1(=O)c2ccccc2CN1c1cc(Cl)cc(Oc2ccccn2)c1. The molecule has 1 aromatic heterocycles. The quantitative estimate of drug-likeness (QED) is 0.690. The smallest absolute Gasteiger partial charge is 0.264 e. The van der Waals surface area contributed by atoms with Gasteiger partial charge in [0.2, 0.25) is 5.88 Å². The summed E-state index contributed by atoms with van der Waals surface area (Å²) >= 11 is 6.18. The number of anilines is 1. The molecule has 0 saturated carbocycles. The summed E-state index contributed by atoms with van der Waals surface area (Å²) in [5, 5.41) is 0.384. The van der Waals surface area contributed by atoms with Crippen molar-refractivity contribution < 1.29 is 13.2 Å². The number of nitrogens with zero attached hydrogens (tertiary/aromatic N) is 2. The number of sulfonamides is 1. The lowest BCUT2D eigenvalue weighted by molar-refractivity contribution is 0.463. The summed E-state index contributed by atoms with van der Waals surface area (Å²) in [7, 11) is -3.60. The molecule has 0 unspecified atom stereocenters. The summed E-state index contributed by atoms with van der Waals surface area (Å²) in [6, 6.07) is 17.1. The number of fused-ring (bicyclic) bond motifs is 1. The summed E-state index contributed by atoms with van der Waals surface area (Å²) in [6.45, 7) is 0.266. The van der Waals surface area contributed by atoms with E-state index in [0.29, 0.717) is 27.2 Å². The van der Waals surface area contributed by atoms with E-state index in [1.165, 1.54) is 4.31 Å². The van der Waals surface area contributed by atoms with Crippen molar-refractivity contribution in [3.63, 3.8) is 0 Å². The maximum atomic E-state index is 12.8. The lowest BCUT2D eigenvalue weighted by atomic mass is 10.2. The Morgan fingerprint density at radius 2 is 1.84 bits per heavy atom. The molecule has 126 valence electrons. The molecule has 1 aliphatic rings. The van der Waals surface area contributed by atoms with Crippen LogP contribution in [0.25, 0.3) is 0 Å². The molecule has 0 radical (unpaired) electrons. The molecule has 0 bridgehead atoms. The standard InChI is InChI=1S/C18H13ClN2O3S/c19-14-9-15(11-16(10-14)24-18-7-3-4-8-20-18)21-12-13-5-1-2-6-17(13)25(21,22)23/h1-11H,12H2. The van der Waals surface area contributed by atoms with Crippen molar-refractivity contribution in [2.75, 3.05) is 4.31 Å². The molecule has 0 spiro atoms. The minimum atomic E-state index is -3.60. The van der Waals surface area contributed by atoms with E-state index in [1.54, 1.807) is 54.7 Å². The van der Waals surface area contributed by atoms with Gasteiger partial charge in [0.25, 0.3) is 10.0 Å². The first kappa shape index (κ1) is 15.9. The number of hydrogen-bond acceptors (Lipinski definition) is 4. The van der Waals surface area contributed by atoms with Gasteiger partial charge in [-0.15, -0.1) is 0 Å². The van der Waals surface area contributed by atoms with Crippen LogP contribution in [0.3, 0.4) is 0 Å². The molecule has 3 aromatic rings. The van der Waals surface area contributed by atoms with Gasteiger partial charge in [-0.25, -0.2) is 13.4 Å². The first-order valence-electron chi connectivity index (χ1n) is 7.54. The molecule has 2 heterocycles. The third kappa shape index (κ3) is 2.94. The average Bonchev–Trinajstić information content (AvgIpc) is 2.87. The number of aromatic nitrogens is 1. The van der Waals surface area contributed by atoms with Crippen molar-refractivity contribution in [1.29, 1.82) is 0 Å². The van der Waals surface area contributed by atoms with E-state index in [4.69, 9.17) is 16.3 Å². The van der Waals surface area contributed by atoms with Crippen LogP contribution in [0, 0.1) is 0 Å². The summed E-state index contributed by atoms with van der Waals surface area (Å²) in [4.78, 5) is 4.42. The number of halogens is 1. The second-order valence-electron chi connectivity index (χ2n) is 5.53.